The highest BCUT2D eigenvalue weighted by atomic mass is 32.1. The van der Waals surface area contributed by atoms with Crippen LogP contribution in [0.25, 0.3) is 21.3 Å². The lowest BCUT2D eigenvalue weighted by molar-refractivity contribution is -0.144. The first-order chi connectivity index (χ1) is 10.6. The number of hydrogen-bond acceptors (Lipinski definition) is 5. The summed E-state index contributed by atoms with van der Waals surface area (Å²) in [4.78, 5) is 29.4. The molecule has 1 atom stereocenters. The lowest BCUT2D eigenvalue weighted by Gasteiger charge is -2.12. The van der Waals surface area contributed by atoms with Crippen LogP contribution >= 0.6 is 11.3 Å². The van der Waals surface area contributed by atoms with Crippen LogP contribution in [0.5, 0.6) is 0 Å². The lowest BCUT2D eigenvalue weighted by atomic mass is 10.1. The van der Waals surface area contributed by atoms with Gasteiger partial charge >= 0.3 is 5.97 Å². The number of carbonyl (C=O) groups excluding carboxylic acids is 1. The van der Waals surface area contributed by atoms with Crippen molar-refractivity contribution in [2.75, 3.05) is 7.11 Å². The summed E-state index contributed by atoms with van der Waals surface area (Å²) in [6.07, 6.45) is 1.40. The highest BCUT2D eigenvalue weighted by Gasteiger charge is 2.20. The topological polar surface area (TPSA) is 61.2 Å². The van der Waals surface area contributed by atoms with Crippen molar-refractivity contribution < 1.29 is 9.53 Å². The van der Waals surface area contributed by atoms with Gasteiger partial charge in [0.15, 0.2) is 0 Å². The second-order valence-corrected chi connectivity index (χ2v) is 5.71. The number of rotatable bonds is 3. The fraction of sp³-hybridized carbons (Fsp3) is 0.188. The molecule has 2 aromatic heterocycles. The first-order valence-corrected chi connectivity index (χ1v) is 7.63. The van der Waals surface area contributed by atoms with Gasteiger partial charge in [-0.25, -0.2) is 9.78 Å². The van der Waals surface area contributed by atoms with Crippen LogP contribution in [0.15, 0.2) is 46.8 Å². The molecule has 0 bridgehead atoms. The van der Waals surface area contributed by atoms with E-state index in [1.807, 2.05) is 35.7 Å². The van der Waals surface area contributed by atoms with Crippen LogP contribution in [0.2, 0.25) is 0 Å². The Labute approximate surface area is 130 Å². The van der Waals surface area contributed by atoms with Crippen molar-refractivity contribution in [1.82, 2.24) is 9.55 Å². The van der Waals surface area contributed by atoms with Crippen molar-refractivity contribution in [3.8, 4) is 11.1 Å². The molecule has 0 fully saturated rings. The molecule has 3 aromatic rings. The van der Waals surface area contributed by atoms with Gasteiger partial charge in [0.25, 0.3) is 5.56 Å². The minimum Gasteiger partial charge on any atom is -0.467 e. The van der Waals surface area contributed by atoms with Gasteiger partial charge in [-0.1, -0.05) is 30.3 Å². The molecule has 2 heterocycles. The second kappa shape index (κ2) is 5.73. The van der Waals surface area contributed by atoms with Crippen LogP contribution in [-0.4, -0.2) is 22.6 Å². The molecule has 6 heteroatoms. The number of aromatic nitrogens is 2. The number of thiophene rings is 1. The van der Waals surface area contributed by atoms with Crippen molar-refractivity contribution in [2.45, 2.75) is 13.0 Å². The van der Waals surface area contributed by atoms with E-state index in [-0.39, 0.29) is 5.56 Å². The molecule has 0 aliphatic heterocycles. The number of methoxy groups -OCH3 is 1. The summed E-state index contributed by atoms with van der Waals surface area (Å²) < 4.78 is 6.02. The van der Waals surface area contributed by atoms with Crippen LogP contribution in [-0.2, 0) is 9.53 Å². The molecule has 0 unspecified atom stereocenters. The first-order valence-electron chi connectivity index (χ1n) is 6.75. The number of nitrogens with zero attached hydrogens (tertiary/aromatic N) is 2. The summed E-state index contributed by atoms with van der Waals surface area (Å²) in [5.74, 6) is -0.472. The largest absolute Gasteiger partial charge is 0.467 e. The average molecular weight is 314 g/mol. The predicted molar refractivity (Wildman–Crippen MR) is 86.0 cm³/mol. The van der Waals surface area contributed by atoms with Crippen molar-refractivity contribution in [3.63, 3.8) is 0 Å². The quantitative estimate of drug-likeness (QED) is 0.697. The normalized spacial score (nSPS) is 12.3. The summed E-state index contributed by atoms with van der Waals surface area (Å²) in [5, 5.41) is 2.45. The minimum atomic E-state index is -0.710. The molecule has 1 aromatic carbocycles. The third kappa shape index (κ3) is 2.31. The van der Waals surface area contributed by atoms with E-state index in [2.05, 4.69) is 4.98 Å². The fourth-order valence-electron chi connectivity index (χ4n) is 2.34. The maximum atomic E-state index is 12.8. The van der Waals surface area contributed by atoms with Gasteiger partial charge in [0.05, 0.1) is 18.8 Å². The first kappa shape index (κ1) is 14.5. The minimum absolute atomic E-state index is 0.233. The molecule has 22 heavy (non-hydrogen) atoms. The molecule has 0 aliphatic rings. The van der Waals surface area contributed by atoms with Gasteiger partial charge in [-0.05, 0) is 12.5 Å². The zero-order valence-electron chi connectivity index (χ0n) is 12.1. The molecule has 0 N–H and O–H groups in total. The van der Waals surface area contributed by atoms with Crippen molar-refractivity contribution >= 4 is 27.5 Å². The van der Waals surface area contributed by atoms with Crippen LogP contribution in [0.1, 0.15) is 13.0 Å². The number of benzene rings is 1. The summed E-state index contributed by atoms with van der Waals surface area (Å²) in [6.45, 7) is 1.62. The van der Waals surface area contributed by atoms with Crippen LogP contribution in [0.3, 0.4) is 0 Å². The van der Waals surface area contributed by atoms with Gasteiger partial charge in [0, 0.05) is 10.9 Å². The Kier molecular flexibility index (Phi) is 3.77. The Balaban J connectivity index is 2.22. The number of ether oxygens (including phenoxy) is 1. The molecular weight excluding hydrogens is 300 g/mol. The van der Waals surface area contributed by atoms with Crippen molar-refractivity contribution in [1.29, 1.82) is 0 Å². The number of carbonyl (C=O) groups is 1. The van der Waals surface area contributed by atoms with E-state index >= 15 is 0 Å². The summed E-state index contributed by atoms with van der Waals surface area (Å²) >= 11 is 1.42. The molecule has 0 radical (unpaired) electrons. The van der Waals surface area contributed by atoms with Gasteiger partial charge < -0.3 is 4.74 Å². The van der Waals surface area contributed by atoms with Crippen molar-refractivity contribution in [3.05, 3.63) is 52.4 Å². The van der Waals surface area contributed by atoms with E-state index < -0.39 is 12.0 Å². The number of hydrogen-bond donors (Lipinski definition) is 0. The molecule has 0 aliphatic carbocycles. The van der Waals surface area contributed by atoms with E-state index in [0.717, 1.165) is 11.1 Å². The number of fused-ring (bicyclic) bond motifs is 1. The van der Waals surface area contributed by atoms with Gasteiger partial charge in [0.1, 0.15) is 10.9 Å². The molecule has 0 spiro atoms. The molecule has 0 saturated carbocycles. The highest BCUT2D eigenvalue weighted by molar-refractivity contribution is 7.17. The molecule has 3 rings (SSSR count). The van der Waals surface area contributed by atoms with Crippen molar-refractivity contribution in [2.24, 2.45) is 0 Å². The second-order valence-electron chi connectivity index (χ2n) is 4.85. The average Bonchev–Trinajstić information content (AvgIpc) is 2.99. The Morgan fingerprint density at radius 2 is 2.05 bits per heavy atom. The highest BCUT2D eigenvalue weighted by Crippen LogP contribution is 2.30. The Bertz CT molecular complexity index is 883. The molecule has 0 amide bonds. The third-order valence-electron chi connectivity index (χ3n) is 3.56. The van der Waals surface area contributed by atoms with Crippen LogP contribution < -0.4 is 5.56 Å². The summed E-state index contributed by atoms with van der Waals surface area (Å²) in [7, 11) is 1.30. The Morgan fingerprint density at radius 1 is 1.32 bits per heavy atom. The molecule has 0 saturated heterocycles. The molecule has 5 nitrogen and oxygen atoms in total. The van der Waals surface area contributed by atoms with E-state index in [1.54, 1.807) is 6.92 Å². The third-order valence-corrected chi connectivity index (χ3v) is 4.45. The van der Waals surface area contributed by atoms with Crippen LogP contribution in [0, 0.1) is 0 Å². The van der Waals surface area contributed by atoms with Gasteiger partial charge in [-0.2, -0.15) is 0 Å². The maximum Gasteiger partial charge on any atom is 0.328 e. The fourth-order valence-corrected chi connectivity index (χ4v) is 3.24. The predicted octanol–water partition coefficient (Wildman–Crippen LogP) is 2.86. The Morgan fingerprint density at radius 3 is 2.73 bits per heavy atom. The monoisotopic (exact) mass is 314 g/mol. The zero-order valence-corrected chi connectivity index (χ0v) is 13.0. The lowest BCUT2D eigenvalue weighted by Crippen LogP contribution is -2.29. The van der Waals surface area contributed by atoms with Crippen LogP contribution in [0.4, 0.5) is 0 Å². The molecular formula is C16H14N2O3S. The van der Waals surface area contributed by atoms with Gasteiger partial charge in [-0.15, -0.1) is 11.3 Å². The van der Waals surface area contributed by atoms with E-state index in [4.69, 9.17) is 4.74 Å². The summed E-state index contributed by atoms with van der Waals surface area (Å²) in [6, 6.07) is 8.95. The SMILES string of the molecule is COC(=O)[C@@H](C)n1cnc2scc(-c3ccccc3)c2c1=O. The standard InChI is InChI=1S/C16H14N2O3S/c1-10(16(20)21-2)18-9-17-14-13(15(18)19)12(8-22-14)11-6-4-3-5-7-11/h3-10H,1-2H3/t10-/m1/s1. The van der Waals surface area contributed by atoms with Gasteiger partial charge in [-0.3, -0.25) is 9.36 Å². The maximum absolute atomic E-state index is 12.8. The van der Waals surface area contributed by atoms with E-state index in [0.29, 0.717) is 10.2 Å². The van der Waals surface area contributed by atoms with E-state index in [9.17, 15) is 9.59 Å². The summed E-state index contributed by atoms with van der Waals surface area (Å²) in [5.41, 5.74) is 1.56. The smallest absolute Gasteiger partial charge is 0.328 e. The Hall–Kier alpha value is -2.47. The van der Waals surface area contributed by atoms with Gasteiger partial charge in [0.2, 0.25) is 0 Å². The van der Waals surface area contributed by atoms with E-state index in [1.165, 1.54) is 29.3 Å². The molecule has 112 valence electrons. The zero-order chi connectivity index (χ0) is 15.7. The number of esters is 1.